The molecule has 5 aliphatic rings. The molecule has 3 fully saturated rings. The van der Waals surface area contributed by atoms with Crippen molar-refractivity contribution < 1.29 is 24.6 Å². The maximum Gasteiger partial charge on any atom is 0.192 e. The van der Waals surface area contributed by atoms with E-state index in [0.29, 0.717) is 31.0 Å². The van der Waals surface area contributed by atoms with Gasteiger partial charge in [-0.2, -0.15) is 5.06 Å². The molecule has 1 aromatic rings. The number of aliphatic hydroxyl groups excluding tert-OH is 2. The van der Waals surface area contributed by atoms with E-state index in [9.17, 15) is 19.8 Å². The number of hydrogen-bond donors (Lipinski definition) is 2. The molecule has 6 rings (SSSR count). The highest BCUT2D eigenvalue weighted by Gasteiger charge is 2.74. The Balaban J connectivity index is 1.35. The van der Waals surface area contributed by atoms with Crippen LogP contribution in [0.3, 0.4) is 0 Å². The third-order valence-electron chi connectivity index (χ3n) is 10.3. The van der Waals surface area contributed by atoms with E-state index in [4.69, 9.17) is 16.4 Å². The maximum absolute atomic E-state index is 13.6. The van der Waals surface area contributed by atoms with Crippen LogP contribution in [0.25, 0.3) is 0 Å². The minimum absolute atomic E-state index is 0.00907. The van der Waals surface area contributed by atoms with Crippen LogP contribution in [-0.2, 0) is 21.0 Å². The molecule has 2 N–H and O–H groups in total. The average Bonchev–Trinajstić information content (AvgIpc) is 3.32. The Morgan fingerprint density at radius 1 is 1.25 bits per heavy atom. The predicted octanol–water partition coefficient (Wildman–Crippen LogP) is 3.89. The van der Waals surface area contributed by atoms with E-state index in [1.165, 1.54) is 0 Å². The molecule has 192 valence electrons. The van der Waals surface area contributed by atoms with Crippen LogP contribution in [0.15, 0.2) is 48.1 Å². The summed E-state index contributed by atoms with van der Waals surface area (Å²) in [6, 6.07) is 7.59. The van der Waals surface area contributed by atoms with Crippen molar-refractivity contribution in [2.45, 2.75) is 57.8 Å². The van der Waals surface area contributed by atoms with Crippen molar-refractivity contribution in [2.75, 3.05) is 13.2 Å². The highest BCUT2D eigenvalue weighted by atomic mass is 35.5. The molecule has 1 aromatic carbocycles. The van der Waals surface area contributed by atoms with Gasteiger partial charge >= 0.3 is 0 Å². The first-order chi connectivity index (χ1) is 17.1. The number of rotatable bonds is 4. The van der Waals surface area contributed by atoms with E-state index < -0.39 is 23.7 Å². The number of halogens is 1. The van der Waals surface area contributed by atoms with Crippen LogP contribution in [0.2, 0.25) is 5.02 Å². The van der Waals surface area contributed by atoms with Crippen molar-refractivity contribution in [3.05, 3.63) is 58.7 Å². The van der Waals surface area contributed by atoms with Crippen LogP contribution in [0.1, 0.15) is 45.1 Å². The summed E-state index contributed by atoms with van der Waals surface area (Å²) < 4.78 is 0. The van der Waals surface area contributed by atoms with Gasteiger partial charge in [-0.05, 0) is 54.9 Å². The van der Waals surface area contributed by atoms with Crippen LogP contribution in [0, 0.1) is 34.5 Å². The minimum Gasteiger partial charge on any atom is -0.393 e. The van der Waals surface area contributed by atoms with Crippen LogP contribution in [0.4, 0.5) is 0 Å². The lowest BCUT2D eigenvalue weighted by molar-refractivity contribution is -0.253. The molecule has 6 nitrogen and oxygen atoms in total. The number of carbonyl (C=O) groups is 2. The number of fused-ring (bicyclic) bond motifs is 7. The van der Waals surface area contributed by atoms with E-state index in [0.717, 1.165) is 24.0 Å². The summed E-state index contributed by atoms with van der Waals surface area (Å²) in [6.45, 7) is 4.79. The Bertz CT molecular complexity index is 1160. The minimum atomic E-state index is -1.16. The Kier molecular flexibility index (Phi) is 5.67. The van der Waals surface area contributed by atoms with Crippen molar-refractivity contribution in [3.8, 4) is 0 Å². The normalized spacial score (nSPS) is 43.4. The predicted molar refractivity (Wildman–Crippen MR) is 135 cm³/mol. The second-order valence-electron chi connectivity index (χ2n) is 12.0. The van der Waals surface area contributed by atoms with Crippen LogP contribution < -0.4 is 0 Å². The average molecular weight is 512 g/mol. The first-order valence-corrected chi connectivity index (χ1v) is 13.4. The molecule has 2 saturated carbocycles. The van der Waals surface area contributed by atoms with E-state index in [1.807, 2.05) is 35.4 Å². The largest absolute Gasteiger partial charge is 0.393 e. The summed E-state index contributed by atoms with van der Waals surface area (Å²) in [6.07, 6.45) is 7.71. The summed E-state index contributed by atoms with van der Waals surface area (Å²) in [4.78, 5) is 32.3. The fraction of sp³-hybridized carbons (Fsp3) is 0.586. The zero-order valence-corrected chi connectivity index (χ0v) is 21.6. The fourth-order valence-electron chi connectivity index (χ4n) is 8.86. The molecular weight excluding hydrogens is 478 g/mol. The smallest absolute Gasteiger partial charge is 0.192 e. The zero-order chi connectivity index (χ0) is 25.5. The second kappa shape index (κ2) is 8.34. The van der Waals surface area contributed by atoms with Gasteiger partial charge in [-0.1, -0.05) is 55.3 Å². The van der Waals surface area contributed by atoms with E-state index in [2.05, 4.69) is 19.9 Å². The van der Waals surface area contributed by atoms with E-state index >= 15 is 0 Å². The molecule has 0 spiro atoms. The van der Waals surface area contributed by atoms with Gasteiger partial charge in [0.15, 0.2) is 17.2 Å². The van der Waals surface area contributed by atoms with Gasteiger partial charge in [-0.3, -0.25) is 14.4 Å². The Morgan fingerprint density at radius 3 is 2.72 bits per heavy atom. The molecule has 0 unspecified atom stereocenters. The number of nitrogens with zero attached hydrogens (tertiary/aromatic N) is 1. The summed E-state index contributed by atoms with van der Waals surface area (Å²) in [5.41, 5.74) is 0.0262. The monoisotopic (exact) mass is 511 g/mol. The second-order valence-corrected chi connectivity index (χ2v) is 12.4. The summed E-state index contributed by atoms with van der Waals surface area (Å²) >= 11 is 6.05. The van der Waals surface area contributed by atoms with Gasteiger partial charge in [-0.25, -0.2) is 0 Å². The number of aliphatic hydroxyl groups is 2. The molecule has 0 radical (unpaired) electrons. The fourth-order valence-corrected chi connectivity index (χ4v) is 8.98. The number of Topliss-reactive ketones (excluding diaryl/α,β-unsaturated/α-hetero) is 1. The highest BCUT2D eigenvalue weighted by Crippen LogP contribution is 2.70. The summed E-state index contributed by atoms with van der Waals surface area (Å²) in [7, 11) is 0. The van der Waals surface area contributed by atoms with Crippen molar-refractivity contribution in [1.82, 2.24) is 5.06 Å². The van der Waals surface area contributed by atoms with Gasteiger partial charge in [0, 0.05) is 47.2 Å². The molecule has 0 amide bonds. The standard InChI is InChI=1S/C29H34ClNO5/c1-27-10-9-21(33)11-18(27)5-8-22-23-12-19-15-31(14-17-3-6-20(30)7-4-17)36-29(19,25(35)16-32)28(23,2)13-24(34)26(22)27/h3-7,9-10,19,22-24,26,32,34H,8,11-16H2,1-2H3/t19-,22-,23-,24-,26+,27-,28-,29-/m0/s1. The van der Waals surface area contributed by atoms with Gasteiger partial charge in [0.25, 0.3) is 0 Å². The SMILES string of the molecule is C[C@]12C=CC(=O)CC1=CC[C@@H]1[C@@H]2[C@@H](O)C[C@@]2(C)[C@H]1C[C@H]1CN(Cc3ccc(Cl)cc3)O[C@]12C(=O)CO. The van der Waals surface area contributed by atoms with Crippen molar-refractivity contribution in [3.63, 3.8) is 0 Å². The van der Waals surface area contributed by atoms with Crippen molar-refractivity contribution in [2.24, 2.45) is 34.5 Å². The maximum atomic E-state index is 13.6. The van der Waals surface area contributed by atoms with Crippen molar-refractivity contribution in [1.29, 1.82) is 0 Å². The number of ketones is 2. The Labute approximate surface area is 216 Å². The Hall–Kier alpha value is -1.83. The van der Waals surface area contributed by atoms with Crippen LogP contribution in [0.5, 0.6) is 0 Å². The van der Waals surface area contributed by atoms with Gasteiger partial charge in [0.1, 0.15) is 6.61 Å². The van der Waals surface area contributed by atoms with E-state index in [-0.39, 0.29) is 40.7 Å². The van der Waals surface area contributed by atoms with Gasteiger partial charge in [0.05, 0.1) is 6.10 Å². The zero-order valence-electron chi connectivity index (χ0n) is 20.8. The summed E-state index contributed by atoms with van der Waals surface area (Å²) in [5.74, 6) is 0.0992. The molecule has 36 heavy (non-hydrogen) atoms. The molecule has 1 heterocycles. The molecule has 0 bridgehead atoms. The molecule has 4 aliphatic carbocycles. The number of hydrogen-bond acceptors (Lipinski definition) is 6. The number of carbonyl (C=O) groups excluding carboxylic acids is 2. The number of benzene rings is 1. The molecule has 1 aliphatic heterocycles. The summed E-state index contributed by atoms with van der Waals surface area (Å²) in [5, 5.41) is 24.3. The topological polar surface area (TPSA) is 87.1 Å². The molecule has 0 aromatic heterocycles. The lowest BCUT2D eigenvalue weighted by Crippen LogP contribution is -2.63. The Morgan fingerprint density at radius 2 is 2.00 bits per heavy atom. The quantitative estimate of drug-likeness (QED) is 0.596. The molecule has 7 heteroatoms. The van der Waals surface area contributed by atoms with Gasteiger partial charge < -0.3 is 10.2 Å². The van der Waals surface area contributed by atoms with Gasteiger partial charge in [0.2, 0.25) is 0 Å². The third kappa shape index (κ3) is 3.24. The lowest BCUT2D eigenvalue weighted by Gasteiger charge is -2.59. The number of allylic oxidation sites excluding steroid dienone is 4. The number of hydroxylamine groups is 2. The first-order valence-electron chi connectivity index (χ1n) is 13.0. The molecule has 1 saturated heterocycles. The van der Waals surface area contributed by atoms with E-state index in [1.54, 1.807) is 6.08 Å². The molecular formula is C29H34ClNO5. The molecule has 8 atom stereocenters. The lowest BCUT2D eigenvalue weighted by atomic mass is 9.47. The first kappa shape index (κ1) is 24.5. The van der Waals surface area contributed by atoms with Crippen molar-refractivity contribution >= 4 is 23.2 Å². The van der Waals surface area contributed by atoms with Crippen LogP contribution in [-0.4, -0.2) is 51.7 Å². The highest BCUT2D eigenvalue weighted by molar-refractivity contribution is 6.30. The third-order valence-corrected chi connectivity index (χ3v) is 10.6. The van der Waals surface area contributed by atoms with Crippen LogP contribution >= 0.6 is 11.6 Å². The van der Waals surface area contributed by atoms with Gasteiger partial charge in [-0.15, -0.1) is 0 Å².